The Morgan fingerprint density at radius 2 is 2.00 bits per heavy atom. The third-order valence-electron chi connectivity index (χ3n) is 3.01. The van der Waals surface area contributed by atoms with E-state index in [1.54, 1.807) is 0 Å². The molecule has 0 heterocycles. The Morgan fingerprint density at radius 3 is 2.43 bits per heavy atom. The third-order valence-corrected chi connectivity index (χ3v) is 3.01. The lowest BCUT2D eigenvalue weighted by atomic mass is 10.0. The molecule has 1 unspecified atom stereocenters. The Bertz CT molecular complexity index is 186. The molecule has 14 heavy (non-hydrogen) atoms. The van der Waals surface area contributed by atoms with E-state index in [-0.39, 0.29) is 17.9 Å². The Balaban J connectivity index is 2.18. The van der Waals surface area contributed by atoms with Crippen LogP contribution in [0.1, 0.15) is 39.5 Å². The second-order valence-electron chi connectivity index (χ2n) is 4.16. The van der Waals surface area contributed by atoms with E-state index in [0.717, 1.165) is 25.7 Å². The van der Waals surface area contributed by atoms with Crippen LogP contribution in [0, 0.1) is 11.8 Å². The van der Waals surface area contributed by atoms with E-state index in [1.165, 1.54) is 0 Å². The van der Waals surface area contributed by atoms with Crippen molar-refractivity contribution in [2.45, 2.75) is 45.6 Å². The summed E-state index contributed by atoms with van der Waals surface area (Å²) in [5, 5.41) is 12.4. The lowest BCUT2D eigenvalue weighted by molar-refractivity contribution is -0.125. The number of aliphatic hydroxyl groups excluding tert-OH is 1. The molecule has 0 radical (unpaired) electrons. The van der Waals surface area contributed by atoms with E-state index in [1.807, 2.05) is 13.8 Å². The van der Waals surface area contributed by atoms with E-state index in [0.29, 0.717) is 12.5 Å². The van der Waals surface area contributed by atoms with Crippen molar-refractivity contribution in [3.63, 3.8) is 0 Å². The van der Waals surface area contributed by atoms with Gasteiger partial charge in [-0.25, -0.2) is 0 Å². The highest BCUT2D eigenvalue weighted by Gasteiger charge is 2.30. The molecule has 1 fully saturated rings. The average molecular weight is 199 g/mol. The second kappa shape index (κ2) is 5.35. The lowest BCUT2D eigenvalue weighted by Gasteiger charge is -2.15. The third kappa shape index (κ3) is 3.29. The molecule has 1 rings (SSSR count). The van der Waals surface area contributed by atoms with Crippen LogP contribution in [0.2, 0.25) is 0 Å². The summed E-state index contributed by atoms with van der Waals surface area (Å²) in [6, 6.07) is 0. The van der Waals surface area contributed by atoms with Crippen LogP contribution < -0.4 is 5.32 Å². The highest BCUT2D eigenvalue weighted by atomic mass is 16.3. The number of hydrogen-bond donors (Lipinski definition) is 2. The van der Waals surface area contributed by atoms with Crippen molar-refractivity contribution in [1.29, 1.82) is 0 Å². The van der Waals surface area contributed by atoms with Crippen molar-refractivity contribution in [2.75, 3.05) is 6.54 Å². The number of carbonyl (C=O) groups is 1. The molecule has 0 aromatic heterocycles. The molecule has 82 valence electrons. The predicted octanol–water partition coefficient (Wildman–Crippen LogP) is 1.31. The van der Waals surface area contributed by atoms with Gasteiger partial charge >= 0.3 is 0 Å². The highest BCUT2D eigenvalue weighted by molar-refractivity contribution is 5.78. The first-order valence-corrected chi connectivity index (χ1v) is 5.64. The van der Waals surface area contributed by atoms with Crippen LogP contribution in [0.25, 0.3) is 0 Å². The Hall–Kier alpha value is -0.570. The van der Waals surface area contributed by atoms with Gasteiger partial charge in [-0.05, 0) is 31.6 Å². The fourth-order valence-corrected chi connectivity index (χ4v) is 1.66. The molecule has 1 atom stereocenters. The maximum atomic E-state index is 11.5. The molecule has 0 saturated heterocycles. The summed E-state index contributed by atoms with van der Waals surface area (Å²) in [6.45, 7) is 4.47. The molecule has 1 aliphatic carbocycles. The second-order valence-corrected chi connectivity index (χ2v) is 4.16. The normalized spacial score (nSPS) is 18.3. The quantitative estimate of drug-likeness (QED) is 0.677. The number of carbonyl (C=O) groups excluding carboxylic acids is 1. The molecule has 0 spiro atoms. The predicted molar refractivity (Wildman–Crippen MR) is 55.8 cm³/mol. The summed E-state index contributed by atoms with van der Waals surface area (Å²) in [4.78, 5) is 11.5. The van der Waals surface area contributed by atoms with Crippen LogP contribution >= 0.6 is 0 Å². The summed E-state index contributed by atoms with van der Waals surface area (Å²) >= 11 is 0. The van der Waals surface area contributed by atoms with Gasteiger partial charge in [0, 0.05) is 12.5 Å². The van der Waals surface area contributed by atoms with Crippen molar-refractivity contribution in [3.8, 4) is 0 Å². The van der Waals surface area contributed by atoms with Gasteiger partial charge in [0.1, 0.15) is 0 Å². The van der Waals surface area contributed by atoms with E-state index in [4.69, 9.17) is 0 Å². The summed E-state index contributed by atoms with van der Waals surface area (Å²) < 4.78 is 0. The van der Waals surface area contributed by atoms with Gasteiger partial charge < -0.3 is 10.4 Å². The van der Waals surface area contributed by atoms with Crippen LogP contribution in [-0.2, 0) is 4.79 Å². The maximum Gasteiger partial charge on any atom is 0.223 e. The number of nitrogens with one attached hydrogen (secondary N) is 1. The number of aliphatic hydroxyl groups is 1. The minimum absolute atomic E-state index is 0.0923. The number of hydrogen-bond acceptors (Lipinski definition) is 2. The molecule has 3 nitrogen and oxygen atoms in total. The zero-order valence-corrected chi connectivity index (χ0v) is 9.12. The molecule has 0 aromatic carbocycles. The summed E-state index contributed by atoms with van der Waals surface area (Å²) in [7, 11) is 0. The molecule has 0 aromatic rings. The molecular weight excluding hydrogens is 178 g/mol. The van der Waals surface area contributed by atoms with Crippen molar-refractivity contribution < 1.29 is 9.90 Å². The van der Waals surface area contributed by atoms with Gasteiger partial charge in [0.2, 0.25) is 5.91 Å². The van der Waals surface area contributed by atoms with Gasteiger partial charge in [-0.2, -0.15) is 0 Å². The minimum Gasteiger partial charge on any atom is -0.391 e. The number of amides is 1. The van der Waals surface area contributed by atoms with Gasteiger partial charge in [0.15, 0.2) is 0 Å². The van der Waals surface area contributed by atoms with Crippen LogP contribution in [0.4, 0.5) is 0 Å². The topological polar surface area (TPSA) is 49.3 Å². The average Bonchev–Trinajstić information content (AvgIpc) is 2.99. The van der Waals surface area contributed by atoms with Crippen molar-refractivity contribution in [3.05, 3.63) is 0 Å². The molecule has 0 bridgehead atoms. The molecule has 1 aliphatic rings. The van der Waals surface area contributed by atoms with E-state index in [9.17, 15) is 9.90 Å². The zero-order chi connectivity index (χ0) is 10.6. The van der Waals surface area contributed by atoms with Gasteiger partial charge in [-0.1, -0.05) is 13.8 Å². The van der Waals surface area contributed by atoms with Crippen molar-refractivity contribution in [2.24, 2.45) is 11.8 Å². The Labute approximate surface area is 85.9 Å². The molecule has 0 aliphatic heterocycles. The first-order valence-electron chi connectivity index (χ1n) is 5.64. The van der Waals surface area contributed by atoms with E-state index >= 15 is 0 Å². The van der Waals surface area contributed by atoms with Gasteiger partial charge in [-0.3, -0.25) is 4.79 Å². The van der Waals surface area contributed by atoms with Crippen molar-refractivity contribution >= 4 is 5.91 Å². The number of rotatable bonds is 6. The van der Waals surface area contributed by atoms with Crippen LogP contribution in [-0.4, -0.2) is 23.7 Å². The lowest BCUT2D eigenvalue weighted by Crippen LogP contribution is -2.36. The van der Waals surface area contributed by atoms with E-state index in [2.05, 4.69) is 5.32 Å². The van der Waals surface area contributed by atoms with Gasteiger partial charge in [0.05, 0.1) is 6.10 Å². The molecule has 1 saturated carbocycles. The SMILES string of the molecule is CCC(CC)C(=O)NCC(O)C1CC1. The van der Waals surface area contributed by atoms with Crippen LogP contribution in [0.5, 0.6) is 0 Å². The van der Waals surface area contributed by atoms with Gasteiger partial charge in [0.25, 0.3) is 0 Å². The molecule has 1 amide bonds. The standard InChI is InChI=1S/C11H21NO2/c1-3-8(4-2)11(14)12-7-10(13)9-5-6-9/h8-10,13H,3-7H2,1-2H3,(H,12,14). The van der Waals surface area contributed by atoms with Crippen LogP contribution in [0.3, 0.4) is 0 Å². The first kappa shape index (κ1) is 11.5. The maximum absolute atomic E-state index is 11.5. The molecular formula is C11H21NO2. The smallest absolute Gasteiger partial charge is 0.223 e. The summed E-state index contributed by atoms with van der Waals surface area (Å²) in [6.07, 6.45) is 3.65. The Kier molecular flexibility index (Phi) is 4.39. The molecule has 3 heteroatoms. The fraction of sp³-hybridized carbons (Fsp3) is 0.909. The summed E-state index contributed by atoms with van der Waals surface area (Å²) in [5.41, 5.74) is 0. The fourth-order valence-electron chi connectivity index (χ4n) is 1.66. The summed E-state index contributed by atoms with van der Waals surface area (Å²) in [5.74, 6) is 0.646. The highest BCUT2D eigenvalue weighted by Crippen LogP contribution is 2.32. The van der Waals surface area contributed by atoms with E-state index < -0.39 is 0 Å². The van der Waals surface area contributed by atoms with Crippen LogP contribution in [0.15, 0.2) is 0 Å². The molecule has 2 N–H and O–H groups in total. The minimum atomic E-state index is -0.326. The zero-order valence-electron chi connectivity index (χ0n) is 9.12. The van der Waals surface area contributed by atoms with Crippen molar-refractivity contribution in [1.82, 2.24) is 5.32 Å². The Morgan fingerprint density at radius 1 is 1.43 bits per heavy atom. The monoisotopic (exact) mass is 199 g/mol. The first-order chi connectivity index (χ1) is 6.69. The van der Waals surface area contributed by atoms with Gasteiger partial charge in [-0.15, -0.1) is 0 Å². The largest absolute Gasteiger partial charge is 0.391 e.